The van der Waals surface area contributed by atoms with E-state index >= 15 is 0 Å². The van der Waals surface area contributed by atoms with Gasteiger partial charge in [0.05, 0.1) is 29.8 Å². The molecule has 0 aliphatic carbocycles. The van der Waals surface area contributed by atoms with Crippen molar-refractivity contribution in [3.8, 4) is 23.2 Å². The third-order valence-electron chi connectivity index (χ3n) is 6.29. The Hall–Kier alpha value is -3.62. The number of nitrogens with zero attached hydrogens (tertiary/aromatic N) is 3. The van der Waals surface area contributed by atoms with Crippen LogP contribution in [0.2, 0.25) is 0 Å². The number of hydrogen-bond acceptors (Lipinski definition) is 4. The van der Waals surface area contributed by atoms with Gasteiger partial charge in [-0.25, -0.2) is 4.98 Å². The number of ether oxygens (including phenoxy) is 2. The topological polar surface area (TPSA) is 60.1 Å². The maximum atomic E-state index is 10.2. The summed E-state index contributed by atoms with van der Waals surface area (Å²) in [5.41, 5.74) is 6.16. The van der Waals surface area contributed by atoms with E-state index in [0.717, 1.165) is 39.1 Å². The molecule has 5 nitrogen and oxygen atoms in total. The maximum absolute atomic E-state index is 10.2. The number of benzene rings is 3. The van der Waals surface area contributed by atoms with E-state index in [-0.39, 0.29) is 5.54 Å². The van der Waals surface area contributed by atoms with E-state index in [9.17, 15) is 5.26 Å². The molecule has 3 aromatic carbocycles. The highest BCUT2D eigenvalue weighted by Gasteiger charge is 2.39. The molecule has 1 saturated heterocycles. The Bertz CT molecular complexity index is 1350. The molecule has 4 aromatic rings. The maximum Gasteiger partial charge on any atom is 0.143 e. The summed E-state index contributed by atoms with van der Waals surface area (Å²) in [7, 11) is 0. The molecule has 0 amide bonds. The number of para-hydroxylation sites is 2. The first-order chi connectivity index (χ1) is 15.5. The highest BCUT2D eigenvalue weighted by atomic mass is 16.5. The number of fused-ring (bicyclic) bond motifs is 1. The van der Waals surface area contributed by atoms with Crippen LogP contribution in [0.4, 0.5) is 0 Å². The van der Waals surface area contributed by atoms with Crippen molar-refractivity contribution in [2.75, 3.05) is 13.2 Å². The highest BCUT2D eigenvalue weighted by Crippen LogP contribution is 2.40. The molecule has 1 fully saturated rings. The SMILES string of the molecule is Cc1cc(-c2nc3ccccc3n2C2(C)COC2)c(C#N)c(OCc2ccccc2)c1C. The van der Waals surface area contributed by atoms with Gasteiger partial charge in [0, 0.05) is 5.56 Å². The Morgan fingerprint density at radius 3 is 2.50 bits per heavy atom. The molecule has 0 atom stereocenters. The van der Waals surface area contributed by atoms with Gasteiger partial charge in [0.2, 0.25) is 0 Å². The fourth-order valence-electron chi connectivity index (χ4n) is 4.36. The molecule has 1 aromatic heterocycles. The van der Waals surface area contributed by atoms with Crippen LogP contribution in [0.3, 0.4) is 0 Å². The molecule has 32 heavy (non-hydrogen) atoms. The normalized spacial score (nSPS) is 14.7. The summed E-state index contributed by atoms with van der Waals surface area (Å²) in [4.78, 5) is 4.97. The number of imidazole rings is 1. The lowest BCUT2D eigenvalue weighted by Gasteiger charge is -2.41. The highest BCUT2D eigenvalue weighted by molar-refractivity contribution is 5.84. The van der Waals surface area contributed by atoms with Gasteiger partial charge in [-0.1, -0.05) is 42.5 Å². The smallest absolute Gasteiger partial charge is 0.143 e. The molecule has 5 rings (SSSR count). The van der Waals surface area contributed by atoms with Crippen LogP contribution in [0.5, 0.6) is 5.75 Å². The summed E-state index contributed by atoms with van der Waals surface area (Å²) < 4.78 is 14.1. The second-order valence-electron chi connectivity index (χ2n) is 8.71. The molecule has 0 N–H and O–H groups in total. The summed E-state index contributed by atoms with van der Waals surface area (Å²) in [5.74, 6) is 1.40. The second kappa shape index (κ2) is 7.81. The van der Waals surface area contributed by atoms with Gasteiger partial charge in [0.15, 0.2) is 0 Å². The minimum absolute atomic E-state index is 0.206. The number of rotatable bonds is 5. The van der Waals surface area contributed by atoms with Crippen LogP contribution < -0.4 is 4.74 Å². The van der Waals surface area contributed by atoms with Crippen molar-refractivity contribution in [2.24, 2.45) is 0 Å². The van der Waals surface area contributed by atoms with E-state index in [0.29, 0.717) is 31.1 Å². The monoisotopic (exact) mass is 423 g/mol. The van der Waals surface area contributed by atoms with Gasteiger partial charge in [-0.05, 0) is 55.7 Å². The molecule has 0 radical (unpaired) electrons. The predicted octanol–water partition coefficient (Wildman–Crippen LogP) is 5.52. The predicted molar refractivity (Wildman–Crippen MR) is 125 cm³/mol. The number of nitriles is 1. The van der Waals surface area contributed by atoms with E-state index in [1.54, 1.807) is 0 Å². The van der Waals surface area contributed by atoms with E-state index in [1.807, 2.05) is 55.5 Å². The van der Waals surface area contributed by atoms with Gasteiger partial charge in [-0.15, -0.1) is 0 Å². The molecule has 1 aliphatic rings. The van der Waals surface area contributed by atoms with Gasteiger partial charge in [0.25, 0.3) is 0 Å². The number of aromatic nitrogens is 2. The van der Waals surface area contributed by atoms with Crippen LogP contribution in [0, 0.1) is 25.2 Å². The van der Waals surface area contributed by atoms with Crippen LogP contribution in [0.15, 0.2) is 60.7 Å². The molecule has 160 valence electrons. The molecular formula is C27H25N3O2. The zero-order chi connectivity index (χ0) is 22.3. The summed E-state index contributed by atoms with van der Waals surface area (Å²) in [6.45, 7) is 7.87. The molecule has 0 bridgehead atoms. The van der Waals surface area contributed by atoms with Gasteiger partial charge in [-0.3, -0.25) is 0 Å². The Morgan fingerprint density at radius 1 is 1.09 bits per heavy atom. The Balaban J connectivity index is 1.70. The van der Waals surface area contributed by atoms with E-state index < -0.39 is 0 Å². The molecule has 1 aliphatic heterocycles. The minimum Gasteiger partial charge on any atom is -0.487 e. The minimum atomic E-state index is -0.206. The van der Waals surface area contributed by atoms with Crippen LogP contribution in [0.1, 0.15) is 29.2 Å². The van der Waals surface area contributed by atoms with Crippen molar-refractivity contribution in [2.45, 2.75) is 32.9 Å². The third-order valence-corrected chi connectivity index (χ3v) is 6.29. The van der Waals surface area contributed by atoms with Crippen molar-refractivity contribution in [1.29, 1.82) is 5.26 Å². The Kier molecular flexibility index (Phi) is 4.96. The van der Waals surface area contributed by atoms with Gasteiger partial charge >= 0.3 is 0 Å². The Morgan fingerprint density at radius 2 is 1.81 bits per heavy atom. The summed E-state index contributed by atoms with van der Waals surface area (Å²) >= 11 is 0. The standard InChI is InChI=1S/C27H25N3O2/c1-18-13-21(22(14-28)25(19(18)2)32-15-20-9-5-4-6-10-20)26-29-23-11-7-8-12-24(23)30(26)27(3)16-31-17-27/h4-13H,15-17H2,1-3H3. The zero-order valence-corrected chi connectivity index (χ0v) is 18.6. The van der Waals surface area contributed by atoms with Crippen LogP contribution in [-0.2, 0) is 16.9 Å². The third kappa shape index (κ3) is 3.24. The summed E-state index contributed by atoms with van der Waals surface area (Å²) in [6.07, 6.45) is 0. The zero-order valence-electron chi connectivity index (χ0n) is 18.6. The van der Waals surface area contributed by atoms with E-state index in [1.165, 1.54) is 0 Å². The molecule has 0 spiro atoms. The van der Waals surface area contributed by atoms with Crippen molar-refractivity contribution >= 4 is 11.0 Å². The van der Waals surface area contributed by atoms with Crippen molar-refractivity contribution in [1.82, 2.24) is 9.55 Å². The lowest BCUT2D eigenvalue weighted by molar-refractivity contribution is -0.0868. The summed E-state index contributed by atoms with van der Waals surface area (Å²) in [5, 5.41) is 10.2. The first-order valence-electron chi connectivity index (χ1n) is 10.8. The molecule has 0 unspecified atom stereocenters. The van der Waals surface area contributed by atoms with Gasteiger partial charge < -0.3 is 14.0 Å². The lowest BCUT2D eigenvalue weighted by atomic mass is 9.95. The van der Waals surface area contributed by atoms with Crippen LogP contribution in [0.25, 0.3) is 22.4 Å². The number of aryl methyl sites for hydroxylation is 1. The second-order valence-corrected chi connectivity index (χ2v) is 8.71. The van der Waals surface area contributed by atoms with E-state index in [4.69, 9.17) is 14.5 Å². The van der Waals surface area contributed by atoms with Crippen LogP contribution in [-0.4, -0.2) is 22.8 Å². The molecule has 5 heteroatoms. The fourth-order valence-corrected chi connectivity index (χ4v) is 4.36. The van der Waals surface area contributed by atoms with Crippen LogP contribution >= 0.6 is 0 Å². The first kappa shape index (κ1) is 20.3. The number of hydrogen-bond donors (Lipinski definition) is 0. The molecule has 2 heterocycles. The van der Waals surface area contributed by atoms with Gasteiger partial charge in [0.1, 0.15) is 29.8 Å². The Labute approximate surface area is 187 Å². The average Bonchev–Trinajstić information content (AvgIpc) is 3.18. The molecule has 0 saturated carbocycles. The quantitative estimate of drug-likeness (QED) is 0.424. The van der Waals surface area contributed by atoms with Crippen molar-refractivity contribution < 1.29 is 9.47 Å². The lowest BCUT2D eigenvalue weighted by Crippen LogP contribution is -2.49. The van der Waals surface area contributed by atoms with Gasteiger partial charge in [-0.2, -0.15) is 5.26 Å². The first-order valence-corrected chi connectivity index (χ1v) is 10.8. The average molecular weight is 424 g/mol. The largest absolute Gasteiger partial charge is 0.487 e. The summed E-state index contributed by atoms with van der Waals surface area (Å²) in [6, 6.07) is 22.6. The van der Waals surface area contributed by atoms with E-state index in [2.05, 4.69) is 36.6 Å². The van der Waals surface area contributed by atoms with Crippen molar-refractivity contribution in [3.05, 3.63) is 82.9 Å². The van der Waals surface area contributed by atoms with Crippen molar-refractivity contribution in [3.63, 3.8) is 0 Å². The molecular weight excluding hydrogens is 398 g/mol. The fraction of sp³-hybridized carbons (Fsp3) is 0.259.